The number of carbonyl (C=O) groups is 2. The van der Waals surface area contributed by atoms with E-state index in [4.69, 9.17) is 0 Å². The van der Waals surface area contributed by atoms with Gasteiger partial charge in [-0.1, -0.05) is 6.07 Å². The molecular weight excluding hydrogens is 263 g/mol. The van der Waals surface area contributed by atoms with E-state index >= 15 is 0 Å². The van der Waals surface area contributed by atoms with Crippen molar-refractivity contribution < 1.29 is 22.8 Å². The lowest BCUT2D eigenvalue weighted by Gasteiger charge is -2.08. The Morgan fingerprint density at radius 3 is 2.58 bits per heavy atom. The predicted octanol–water partition coefficient (Wildman–Crippen LogP) is 0.766. The molecule has 0 bridgehead atoms. The molecular formula is C11H12F3N3O2. The minimum atomic E-state index is -4.92. The molecule has 0 aliphatic heterocycles. The van der Waals surface area contributed by atoms with Gasteiger partial charge in [0.1, 0.15) is 0 Å². The number of hydrogen-bond acceptors (Lipinski definition) is 3. The van der Waals surface area contributed by atoms with Gasteiger partial charge in [0, 0.05) is 31.9 Å². The van der Waals surface area contributed by atoms with Crippen molar-refractivity contribution in [3.05, 3.63) is 30.1 Å². The van der Waals surface area contributed by atoms with Crippen LogP contribution in [0.5, 0.6) is 0 Å². The highest BCUT2D eigenvalue weighted by atomic mass is 19.4. The maximum atomic E-state index is 11.8. The molecule has 0 saturated heterocycles. The summed E-state index contributed by atoms with van der Waals surface area (Å²) in [5.74, 6) is -2.50. The third kappa shape index (κ3) is 5.84. The molecule has 1 rings (SSSR count). The highest BCUT2D eigenvalue weighted by Gasteiger charge is 2.38. The van der Waals surface area contributed by atoms with Crippen LogP contribution in [0.1, 0.15) is 12.0 Å². The summed E-state index contributed by atoms with van der Waals surface area (Å²) in [5, 5.41) is 4.11. The molecule has 1 aromatic heterocycles. The molecule has 0 saturated carbocycles. The summed E-state index contributed by atoms with van der Waals surface area (Å²) in [6, 6.07) is 3.45. The number of alkyl halides is 3. The van der Waals surface area contributed by atoms with Crippen molar-refractivity contribution in [1.29, 1.82) is 0 Å². The third-order valence-electron chi connectivity index (χ3n) is 2.11. The van der Waals surface area contributed by atoms with E-state index in [0.29, 0.717) is 0 Å². The first kappa shape index (κ1) is 14.9. The smallest absolute Gasteiger partial charge is 0.352 e. The normalized spacial score (nSPS) is 10.9. The molecule has 104 valence electrons. The van der Waals surface area contributed by atoms with Crippen LogP contribution in [0.3, 0.4) is 0 Å². The van der Waals surface area contributed by atoms with E-state index in [1.165, 1.54) is 0 Å². The fraction of sp³-hybridized carbons (Fsp3) is 0.364. The zero-order chi connectivity index (χ0) is 14.3. The molecule has 0 aromatic carbocycles. The summed E-state index contributed by atoms with van der Waals surface area (Å²) >= 11 is 0. The van der Waals surface area contributed by atoms with Crippen molar-refractivity contribution in [2.75, 3.05) is 6.54 Å². The van der Waals surface area contributed by atoms with Gasteiger partial charge in [-0.05, 0) is 11.6 Å². The topological polar surface area (TPSA) is 71.1 Å². The summed E-state index contributed by atoms with van der Waals surface area (Å²) in [7, 11) is 0. The van der Waals surface area contributed by atoms with Gasteiger partial charge in [-0.2, -0.15) is 13.2 Å². The monoisotopic (exact) mass is 275 g/mol. The summed E-state index contributed by atoms with van der Waals surface area (Å²) in [4.78, 5) is 25.6. The Bertz CT molecular complexity index is 435. The Balaban J connectivity index is 2.20. The van der Waals surface area contributed by atoms with Gasteiger partial charge >= 0.3 is 12.1 Å². The number of carbonyl (C=O) groups excluding carboxylic acids is 2. The number of rotatable bonds is 5. The Morgan fingerprint density at radius 2 is 2.00 bits per heavy atom. The number of aromatic nitrogens is 1. The zero-order valence-corrected chi connectivity index (χ0v) is 9.83. The summed E-state index contributed by atoms with van der Waals surface area (Å²) in [5.41, 5.74) is 0.773. The molecule has 0 spiro atoms. The SMILES string of the molecule is O=C(CCNC(=O)C(F)(F)F)NCc1cccnc1. The average molecular weight is 275 g/mol. The Hall–Kier alpha value is -2.12. The first-order valence-corrected chi connectivity index (χ1v) is 5.40. The van der Waals surface area contributed by atoms with E-state index in [9.17, 15) is 22.8 Å². The molecule has 2 N–H and O–H groups in total. The minimum Gasteiger partial charge on any atom is -0.352 e. The maximum absolute atomic E-state index is 11.8. The van der Waals surface area contributed by atoms with E-state index in [1.54, 1.807) is 29.8 Å². The lowest BCUT2D eigenvalue weighted by Crippen LogP contribution is -2.38. The van der Waals surface area contributed by atoms with Crippen molar-refractivity contribution in [1.82, 2.24) is 15.6 Å². The van der Waals surface area contributed by atoms with Crippen LogP contribution in [-0.4, -0.2) is 29.5 Å². The van der Waals surface area contributed by atoms with E-state index in [-0.39, 0.29) is 19.5 Å². The number of nitrogens with one attached hydrogen (secondary N) is 2. The molecule has 0 unspecified atom stereocenters. The van der Waals surface area contributed by atoms with Crippen LogP contribution in [0, 0.1) is 0 Å². The molecule has 0 aliphatic rings. The van der Waals surface area contributed by atoms with Crippen molar-refractivity contribution >= 4 is 11.8 Å². The standard InChI is InChI=1S/C11H12F3N3O2/c12-11(13,14)10(19)16-5-3-9(18)17-7-8-2-1-4-15-6-8/h1-2,4,6H,3,5,7H2,(H,16,19)(H,17,18). The summed E-state index contributed by atoms with van der Waals surface area (Å²) in [6.07, 6.45) is -2.00. The second-order valence-electron chi connectivity index (χ2n) is 3.64. The van der Waals surface area contributed by atoms with Gasteiger partial charge in [0.15, 0.2) is 0 Å². The molecule has 8 heteroatoms. The van der Waals surface area contributed by atoms with Crippen LogP contribution in [0.4, 0.5) is 13.2 Å². The molecule has 19 heavy (non-hydrogen) atoms. The quantitative estimate of drug-likeness (QED) is 0.833. The first-order chi connectivity index (χ1) is 8.89. The van der Waals surface area contributed by atoms with Gasteiger partial charge < -0.3 is 10.6 Å². The van der Waals surface area contributed by atoms with Crippen molar-refractivity contribution in [3.63, 3.8) is 0 Å². The number of nitrogens with zero attached hydrogens (tertiary/aromatic N) is 1. The zero-order valence-electron chi connectivity index (χ0n) is 9.83. The summed E-state index contributed by atoms with van der Waals surface area (Å²) in [6.45, 7) is -0.128. The number of hydrogen-bond donors (Lipinski definition) is 2. The third-order valence-corrected chi connectivity index (χ3v) is 2.11. The van der Waals surface area contributed by atoms with E-state index < -0.39 is 18.0 Å². The van der Waals surface area contributed by atoms with Crippen LogP contribution in [0.2, 0.25) is 0 Å². The predicted molar refractivity (Wildman–Crippen MR) is 59.8 cm³/mol. The van der Waals surface area contributed by atoms with Crippen LogP contribution in [0.15, 0.2) is 24.5 Å². The fourth-order valence-corrected chi connectivity index (χ4v) is 1.18. The molecule has 5 nitrogen and oxygen atoms in total. The van der Waals surface area contributed by atoms with Gasteiger partial charge in [0.25, 0.3) is 0 Å². The molecule has 1 aromatic rings. The van der Waals surface area contributed by atoms with E-state index in [0.717, 1.165) is 5.56 Å². The van der Waals surface area contributed by atoms with E-state index in [2.05, 4.69) is 10.3 Å². The van der Waals surface area contributed by atoms with Crippen LogP contribution in [0.25, 0.3) is 0 Å². The molecule has 0 fully saturated rings. The Kier molecular flexibility index (Phi) is 5.28. The highest BCUT2D eigenvalue weighted by Crippen LogP contribution is 2.13. The largest absolute Gasteiger partial charge is 0.471 e. The highest BCUT2D eigenvalue weighted by molar-refractivity contribution is 5.82. The Morgan fingerprint density at radius 1 is 1.26 bits per heavy atom. The van der Waals surface area contributed by atoms with E-state index in [1.807, 2.05) is 0 Å². The van der Waals surface area contributed by atoms with Crippen LogP contribution < -0.4 is 10.6 Å². The van der Waals surface area contributed by atoms with Gasteiger partial charge in [-0.3, -0.25) is 14.6 Å². The second-order valence-corrected chi connectivity index (χ2v) is 3.64. The minimum absolute atomic E-state index is 0.220. The maximum Gasteiger partial charge on any atom is 0.471 e. The second kappa shape index (κ2) is 6.72. The summed E-state index contributed by atoms with van der Waals surface area (Å²) < 4.78 is 35.5. The molecule has 0 aliphatic carbocycles. The van der Waals surface area contributed by atoms with Crippen molar-refractivity contribution in [3.8, 4) is 0 Å². The molecule has 1 heterocycles. The average Bonchev–Trinajstić information content (AvgIpc) is 2.36. The lowest BCUT2D eigenvalue weighted by molar-refractivity contribution is -0.173. The first-order valence-electron chi connectivity index (χ1n) is 5.40. The fourth-order valence-electron chi connectivity index (χ4n) is 1.18. The molecule has 0 atom stereocenters. The molecule has 0 radical (unpaired) electrons. The van der Waals surface area contributed by atoms with Gasteiger partial charge in [0.2, 0.25) is 5.91 Å². The van der Waals surface area contributed by atoms with Crippen LogP contribution in [-0.2, 0) is 16.1 Å². The van der Waals surface area contributed by atoms with Crippen LogP contribution >= 0.6 is 0 Å². The van der Waals surface area contributed by atoms with Crippen molar-refractivity contribution in [2.45, 2.75) is 19.1 Å². The molecule has 2 amide bonds. The number of amides is 2. The van der Waals surface area contributed by atoms with Gasteiger partial charge in [-0.15, -0.1) is 0 Å². The number of halogens is 3. The van der Waals surface area contributed by atoms with Crippen molar-refractivity contribution in [2.24, 2.45) is 0 Å². The lowest BCUT2D eigenvalue weighted by atomic mass is 10.3. The number of pyridine rings is 1. The van der Waals surface area contributed by atoms with Gasteiger partial charge in [0.05, 0.1) is 0 Å². The van der Waals surface area contributed by atoms with Gasteiger partial charge in [-0.25, -0.2) is 0 Å². The Labute approximate surface area is 107 Å².